The lowest BCUT2D eigenvalue weighted by Gasteiger charge is -2.36. The molecule has 1 fully saturated rings. The summed E-state index contributed by atoms with van der Waals surface area (Å²) in [6.07, 6.45) is 6.58. The molecule has 2 heterocycles. The normalized spacial score (nSPS) is 14.7. The molecule has 6 nitrogen and oxygen atoms in total. The molecule has 6 heteroatoms. The Kier molecular flexibility index (Phi) is 7.67. The molecule has 0 saturated carbocycles. The number of methoxy groups -OCH3 is 1. The molecular weight excluding hydrogens is 352 g/mol. The fourth-order valence-corrected chi connectivity index (χ4v) is 3.48. The Labute approximate surface area is 167 Å². The van der Waals surface area contributed by atoms with Gasteiger partial charge in [-0.1, -0.05) is 12.5 Å². The molecule has 1 amide bonds. The van der Waals surface area contributed by atoms with Crippen LogP contribution < -0.4 is 15.0 Å². The van der Waals surface area contributed by atoms with E-state index in [1.165, 1.54) is 12.1 Å². The summed E-state index contributed by atoms with van der Waals surface area (Å²) >= 11 is 0. The van der Waals surface area contributed by atoms with Crippen molar-refractivity contribution in [3.8, 4) is 5.75 Å². The fourth-order valence-electron chi connectivity index (χ4n) is 3.48. The Morgan fingerprint density at radius 1 is 1.11 bits per heavy atom. The molecule has 150 valence electrons. The number of aromatic nitrogens is 1. The average molecular weight is 383 g/mol. The number of benzene rings is 1. The number of hydrogen-bond donors (Lipinski definition) is 1. The summed E-state index contributed by atoms with van der Waals surface area (Å²) < 4.78 is 5.33. The molecule has 1 N–H and O–H groups in total. The maximum absolute atomic E-state index is 11.9. The third-order valence-corrected chi connectivity index (χ3v) is 5.15. The van der Waals surface area contributed by atoms with Crippen LogP contribution in [-0.4, -0.2) is 62.2 Å². The number of unbranched alkanes of at least 4 members (excludes halogenated alkanes) is 2. The SMILES string of the molecule is COc1cccc(N2CCN(CCCCCNC(=O)c3cccnc3)CC2)c1. The van der Waals surface area contributed by atoms with Crippen LogP contribution in [0.4, 0.5) is 5.69 Å². The highest BCUT2D eigenvalue weighted by molar-refractivity contribution is 5.93. The van der Waals surface area contributed by atoms with Crippen LogP contribution in [0.1, 0.15) is 29.6 Å². The number of carbonyl (C=O) groups is 1. The van der Waals surface area contributed by atoms with Gasteiger partial charge in [0, 0.05) is 56.9 Å². The molecule has 1 aromatic heterocycles. The first-order chi connectivity index (χ1) is 13.8. The lowest BCUT2D eigenvalue weighted by Crippen LogP contribution is -2.46. The molecule has 0 spiro atoms. The van der Waals surface area contributed by atoms with Crippen LogP contribution >= 0.6 is 0 Å². The molecule has 0 bridgehead atoms. The van der Waals surface area contributed by atoms with Gasteiger partial charge in [-0.3, -0.25) is 14.7 Å². The van der Waals surface area contributed by atoms with Crippen molar-refractivity contribution in [2.45, 2.75) is 19.3 Å². The van der Waals surface area contributed by atoms with Crippen molar-refractivity contribution >= 4 is 11.6 Å². The molecule has 0 aliphatic carbocycles. The van der Waals surface area contributed by atoms with Gasteiger partial charge in [-0.05, 0) is 43.7 Å². The summed E-state index contributed by atoms with van der Waals surface area (Å²) in [4.78, 5) is 20.9. The van der Waals surface area contributed by atoms with Crippen LogP contribution in [0.25, 0.3) is 0 Å². The molecule has 0 atom stereocenters. The maximum atomic E-state index is 11.9. The van der Waals surface area contributed by atoms with Gasteiger partial charge < -0.3 is 15.0 Å². The molecule has 0 unspecified atom stereocenters. The second kappa shape index (κ2) is 10.7. The molecule has 1 aromatic carbocycles. The van der Waals surface area contributed by atoms with Crippen molar-refractivity contribution in [3.05, 3.63) is 54.4 Å². The number of amides is 1. The van der Waals surface area contributed by atoms with Gasteiger partial charge in [0.05, 0.1) is 12.7 Å². The molecule has 28 heavy (non-hydrogen) atoms. The topological polar surface area (TPSA) is 57.7 Å². The smallest absolute Gasteiger partial charge is 0.252 e. The summed E-state index contributed by atoms with van der Waals surface area (Å²) in [5.41, 5.74) is 1.86. The van der Waals surface area contributed by atoms with Crippen LogP contribution in [0.15, 0.2) is 48.8 Å². The minimum absolute atomic E-state index is 0.0400. The van der Waals surface area contributed by atoms with Crippen LogP contribution in [0.5, 0.6) is 5.75 Å². The maximum Gasteiger partial charge on any atom is 0.252 e. The van der Waals surface area contributed by atoms with Crippen molar-refractivity contribution in [1.82, 2.24) is 15.2 Å². The number of nitrogens with one attached hydrogen (secondary N) is 1. The summed E-state index contributed by atoms with van der Waals surface area (Å²) in [6, 6.07) is 11.9. The zero-order chi connectivity index (χ0) is 19.6. The number of hydrogen-bond acceptors (Lipinski definition) is 5. The lowest BCUT2D eigenvalue weighted by atomic mass is 10.2. The summed E-state index contributed by atoms with van der Waals surface area (Å²) in [5, 5.41) is 2.96. The van der Waals surface area contributed by atoms with Gasteiger partial charge in [-0.25, -0.2) is 0 Å². The second-order valence-corrected chi connectivity index (χ2v) is 7.09. The largest absolute Gasteiger partial charge is 0.497 e. The highest BCUT2D eigenvalue weighted by atomic mass is 16.5. The van der Waals surface area contributed by atoms with E-state index in [1.807, 2.05) is 12.1 Å². The van der Waals surface area contributed by atoms with E-state index in [1.54, 1.807) is 31.6 Å². The average Bonchev–Trinajstić information content (AvgIpc) is 2.77. The number of anilines is 1. The van der Waals surface area contributed by atoms with Gasteiger partial charge in [0.2, 0.25) is 0 Å². The van der Waals surface area contributed by atoms with E-state index in [2.05, 4.69) is 32.2 Å². The molecule has 2 aromatic rings. The van der Waals surface area contributed by atoms with E-state index in [4.69, 9.17) is 4.74 Å². The van der Waals surface area contributed by atoms with E-state index >= 15 is 0 Å². The number of rotatable bonds is 9. The number of piperazine rings is 1. The van der Waals surface area contributed by atoms with Gasteiger partial charge in [0.25, 0.3) is 5.91 Å². The van der Waals surface area contributed by atoms with Crippen molar-refractivity contribution in [2.75, 3.05) is 51.3 Å². The van der Waals surface area contributed by atoms with Gasteiger partial charge in [0.15, 0.2) is 0 Å². The standard InChI is InChI=1S/C22H30N4O2/c1-28-21-9-5-8-20(17-21)26-15-13-25(14-16-26)12-4-2-3-11-24-22(27)19-7-6-10-23-18-19/h5-10,17-18H,2-4,11-16H2,1H3,(H,24,27). The van der Waals surface area contributed by atoms with Gasteiger partial charge >= 0.3 is 0 Å². The van der Waals surface area contributed by atoms with Crippen molar-refractivity contribution in [3.63, 3.8) is 0 Å². The Balaban J connectivity index is 1.27. The van der Waals surface area contributed by atoms with Crippen molar-refractivity contribution < 1.29 is 9.53 Å². The predicted molar refractivity (Wildman–Crippen MR) is 112 cm³/mol. The zero-order valence-corrected chi connectivity index (χ0v) is 16.6. The second-order valence-electron chi connectivity index (χ2n) is 7.09. The quantitative estimate of drug-likeness (QED) is 0.676. The summed E-state index contributed by atoms with van der Waals surface area (Å²) in [7, 11) is 1.71. The third kappa shape index (κ3) is 5.96. The first kappa shape index (κ1) is 20.1. The molecule has 1 aliphatic rings. The van der Waals surface area contributed by atoms with Gasteiger partial charge in [0.1, 0.15) is 5.75 Å². The first-order valence-corrected chi connectivity index (χ1v) is 10.1. The van der Waals surface area contributed by atoms with Crippen LogP contribution in [0.3, 0.4) is 0 Å². The highest BCUT2D eigenvalue weighted by Crippen LogP contribution is 2.22. The molecule has 3 rings (SSSR count). The minimum atomic E-state index is -0.0400. The zero-order valence-electron chi connectivity index (χ0n) is 16.6. The van der Waals surface area contributed by atoms with E-state index < -0.39 is 0 Å². The van der Waals surface area contributed by atoms with E-state index in [9.17, 15) is 4.79 Å². The summed E-state index contributed by atoms with van der Waals surface area (Å²) in [6.45, 7) is 6.13. The van der Waals surface area contributed by atoms with Gasteiger partial charge in [-0.2, -0.15) is 0 Å². The van der Waals surface area contributed by atoms with E-state index in [0.29, 0.717) is 5.56 Å². The number of carbonyl (C=O) groups excluding carboxylic acids is 1. The first-order valence-electron chi connectivity index (χ1n) is 10.1. The third-order valence-electron chi connectivity index (χ3n) is 5.15. The van der Waals surface area contributed by atoms with Crippen molar-refractivity contribution in [2.24, 2.45) is 0 Å². The Hall–Kier alpha value is -2.60. The predicted octanol–water partition coefficient (Wildman–Crippen LogP) is 2.81. The number of pyridine rings is 1. The fraction of sp³-hybridized carbons (Fsp3) is 0.455. The van der Waals surface area contributed by atoms with E-state index in [0.717, 1.165) is 57.9 Å². The van der Waals surface area contributed by atoms with E-state index in [-0.39, 0.29) is 5.91 Å². The monoisotopic (exact) mass is 382 g/mol. The van der Waals surface area contributed by atoms with Gasteiger partial charge in [-0.15, -0.1) is 0 Å². The van der Waals surface area contributed by atoms with Crippen molar-refractivity contribution in [1.29, 1.82) is 0 Å². The Bertz CT molecular complexity index is 730. The number of nitrogens with zero attached hydrogens (tertiary/aromatic N) is 3. The number of ether oxygens (including phenoxy) is 1. The molecule has 0 radical (unpaired) electrons. The molecule has 1 saturated heterocycles. The highest BCUT2D eigenvalue weighted by Gasteiger charge is 2.17. The Morgan fingerprint density at radius 2 is 1.96 bits per heavy atom. The van der Waals surface area contributed by atoms with Crippen LogP contribution in [-0.2, 0) is 0 Å². The molecular formula is C22H30N4O2. The molecule has 1 aliphatic heterocycles. The summed E-state index contributed by atoms with van der Waals surface area (Å²) in [5.74, 6) is 0.873. The van der Waals surface area contributed by atoms with Crippen LogP contribution in [0, 0.1) is 0 Å². The van der Waals surface area contributed by atoms with Crippen LogP contribution in [0.2, 0.25) is 0 Å². The Morgan fingerprint density at radius 3 is 2.71 bits per heavy atom. The minimum Gasteiger partial charge on any atom is -0.497 e. The lowest BCUT2D eigenvalue weighted by molar-refractivity contribution is 0.0952.